The molecule has 0 fully saturated rings. The van der Waals surface area contributed by atoms with Crippen LogP contribution in [-0.2, 0) is 4.74 Å². The molecule has 0 saturated carbocycles. The second-order valence-electron chi connectivity index (χ2n) is 10.2. The molecule has 0 aromatic carbocycles. The first kappa shape index (κ1) is 29.0. The summed E-state index contributed by atoms with van der Waals surface area (Å²) in [6, 6.07) is -0.339. The third-order valence-electron chi connectivity index (χ3n) is 5.45. The highest BCUT2D eigenvalue weighted by atomic mass is 16.6. The molecule has 0 unspecified atom stereocenters. The maximum absolute atomic E-state index is 12.1. The summed E-state index contributed by atoms with van der Waals surface area (Å²) in [5.41, 5.74) is 0.518. The lowest BCUT2D eigenvalue weighted by Crippen LogP contribution is -2.48. The van der Waals surface area contributed by atoms with E-state index in [2.05, 4.69) is 18.8 Å². The van der Waals surface area contributed by atoms with E-state index in [1.807, 2.05) is 34.6 Å². The Kier molecular flexibility index (Phi) is 16.1. The minimum Gasteiger partial charge on any atom is -0.444 e. The Morgan fingerprint density at radius 1 is 0.933 bits per heavy atom. The van der Waals surface area contributed by atoms with E-state index in [1.54, 1.807) is 0 Å². The topological polar surface area (TPSA) is 58.6 Å². The number of aliphatic hydroxyl groups is 1. The third-order valence-corrected chi connectivity index (χ3v) is 5.45. The number of hydrogen-bond donors (Lipinski definition) is 2. The number of unbranched alkanes of at least 4 members (excludes halogenated alkanes) is 10. The highest BCUT2D eigenvalue weighted by molar-refractivity contribution is 5.68. The van der Waals surface area contributed by atoms with Crippen LogP contribution in [0.25, 0.3) is 0 Å². The zero-order chi connectivity index (χ0) is 23.0. The number of amides is 1. The molecular formula is C26H51NO3. The van der Waals surface area contributed by atoms with E-state index in [0.717, 1.165) is 18.4 Å². The van der Waals surface area contributed by atoms with Gasteiger partial charge in [0.1, 0.15) is 5.60 Å². The molecule has 2 atom stereocenters. The first-order valence-corrected chi connectivity index (χ1v) is 12.4. The summed E-state index contributed by atoms with van der Waals surface area (Å²) in [4.78, 5) is 12.1. The average molecular weight is 426 g/mol. The van der Waals surface area contributed by atoms with Gasteiger partial charge in [-0.3, -0.25) is 0 Å². The number of nitrogens with one attached hydrogen (secondary N) is 1. The van der Waals surface area contributed by atoms with Gasteiger partial charge in [0.15, 0.2) is 0 Å². The number of carbonyl (C=O) groups is 1. The van der Waals surface area contributed by atoms with Crippen LogP contribution in [-0.4, -0.2) is 28.9 Å². The third kappa shape index (κ3) is 16.7. The monoisotopic (exact) mass is 425 g/mol. The van der Waals surface area contributed by atoms with Gasteiger partial charge in [-0.1, -0.05) is 97.1 Å². The number of rotatable bonds is 17. The van der Waals surface area contributed by atoms with E-state index in [4.69, 9.17) is 4.74 Å². The summed E-state index contributed by atoms with van der Waals surface area (Å²) in [6.45, 7) is 15.9. The predicted octanol–water partition coefficient (Wildman–Crippen LogP) is 7.54. The lowest BCUT2D eigenvalue weighted by atomic mass is 9.92. The Balaban J connectivity index is 3.97. The lowest BCUT2D eigenvalue weighted by molar-refractivity contribution is 0.0375. The molecule has 0 aliphatic heterocycles. The number of aliphatic hydroxyl groups excluding tert-OH is 1. The molecule has 0 saturated heterocycles. The summed E-state index contributed by atoms with van der Waals surface area (Å²) in [6.07, 6.45) is 15.0. The van der Waals surface area contributed by atoms with Crippen molar-refractivity contribution in [2.24, 2.45) is 5.92 Å². The van der Waals surface area contributed by atoms with Gasteiger partial charge in [0.2, 0.25) is 0 Å². The van der Waals surface area contributed by atoms with Crippen molar-refractivity contribution in [2.45, 2.75) is 143 Å². The van der Waals surface area contributed by atoms with Crippen LogP contribution in [0.15, 0.2) is 12.2 Å². The van der Waals surface area contributed by atoms with Crippen molar-refractivity contribution in [3.05, 3.63) is 12.2 Å². The van der Waals surface area contributed by atoms with E-state index >= 15 is 0 Å². The van der Waals surface area contributed by atoms with E-state index in [0.29, 0.717) is 6.42 Å². The fraction of sp³-hybridized carbons (Fsp3) is 0.885. The molecule has 0 aromatic heterocycles. The Morgan fingerprint density at radius 3 is 1.83 bits per heavy atom. The van der Waals surface area contributed by atoms with Gasteiger partial charge < -0.3 is 15.2 Å². The molecule has 0 aliphatic rings. The van der Waals surface area contributed by atoms with Crippen molar-refractivity contribution in [2.75, 3.05) is 0 Å². The fourth-order valence-corrected chi connectivity index (χ4v) is 3.71. The molecule has 0 aromatic rings. The summed E-state index contributed by atoms with van der Waals surface area (Å²) in [7, 11) is 0. The molecule has 0 aliphatic carbocycles. The van der Waals surface area contributed by atoms with Gasteiger partial charge in [0.25, 0.3) is 0 Å². The SMILES string of the molecule is C=C(CCCCCCCCCCCCC)C[C@H](O)[C@@H](NC(=O)OC(C)(C)C)C(C)C. The first-order chi connectivity index (χ1) is 14.1. The lowest BCUT2D eigenvalue weighted by Gasteiger charge is -2.29. The van der Waals surface area contributed by atoms with Gasteiger partial charge >= 0.3 is 6.09 Å². The van der Waals surface area contributed by atoms with Gasteiger partial charge in [-0.15, -0.1) is 0 Å². The normalized spacial score (nSPS) is 13.9. The second-order valence-corrected chi connectivity index (χ2v) is 10.2. The predicted molar refractivity (Wildman–Crippen MR) is 129 cm³/mol. The molecule has 1 amide bonds. The molecule has 0 heterocycles. The molecular weight excluding hydrogens is 374 g/mol. The minimum absolute atomic E-state index is 0.113. The molecule has 4 heteroatoms. The summed E-state index contributed by atoms with van der Waals surface area (Å²) >= 11 is 0. The van der Waals surface area contributed by atoms with Gasteiger partial charge in [0, 0.05) is 0 Å². The highest BCUT2D eigenvalue weighted by Crippen LogP contribution is 2.19. The number of hydrogen-bond acceptors (Lipinski definition) is 3. The van der Waals surface area contributed by atoms with Crippen molar-refractivity contribution in [1.82, 2.24) is 5.32 Å². The van der Waals surface area contributed by atoms with E-state index < -0.39 is 17.8 Å². The highest BCUT2D eigenvalue weighted by Gasteiger charge is 2.27. The molecule has 4 nitrogen and oxygen atoms in total. The summed E-state index contributed by atoms with van der Waals surface area (Å²) in [5.74, 6) is 0.113. The number of alkyl carbamates (subject to hydrolysis) is 1. The standard InChI is InChI=1S/C26H51NO3/c1-8-9-10-11-12-13-14-15-16-17-18-19-22(4)20-23(28)24(21(2)3)27-25(29)30-26(5,6)7/h21,23-24,28H,4,8-20H2,1-3,5-7H3,(H,27,29)/t23-,24-/m0/s1. The van der Waals surface area contributed by atoms with Gasteiger partial charge in [-0.25, -0.2) is 4.79 Å². The number of ether oxygens (including phenoxy) is 1. The van der Waals surface area contributed by atoms with E-state index in [9.17, 15) is 9.90 Å². The maximum Gasteiger partial charge on any atom is 0.407 e. The molecule has 0 radical (unpaired) electrons. The van der Waals surface area contributed by atoms with Crippen molar-refractivity contribution in [3.8, 4) is 0 Å². The van der Waals surface area contributed by atoms with Gasteiger partial charge in [0.05, 0.1) is 12.1 Å². The van der Waals surface area contributed by atoms with E-state index in [1.165, 1.54) is 64.2 Å². The molecule has 178 valence electrons. The maximum atomic E-state index is 12.1. The van der Waals surface area contributed by atoms with Crippen LogP contribution in [0.4, 0.5) is 4.79 Å². The zero-order valence-electron chi connectivity index (χ0n) is 20.9. The van der Waals surface area contributed by atoms with E-state index in [-0.39, 0.29) is 12.0 Å². The van der Waals surface area contributed by atoms with Crippen LogP contribution >= 0.6 is 0 Å². The Morgan fingerprint density at radius 2 is 1.40 bits per heavy atom. The van der Waals surface area contributed by atoms with Crippen molar-refractivity contribution >= 4 is 6.09 Å². The molecule has 0 spiro atoms. The summed E-state index contributed by atoms with van der Waals surface area (Å²) in [5, 5.41) is 13.5. The molecule has 0 bridgehead atoms. The number of carbonyl (C=O) groups excluding carboxylic acids is 1. The fourth-order valence-electron chi connectivity index (χ4n) is 3.71. The van der Waals surface area contributed by atoms with Crippen molar-refractivity contribution in [3.63, 3.8) is 0 Å². The Hall–Kier alpha value is -1.03. The van der Waals surface area contributed by atoms with Crippen LogP contribution in [0.3, 0.4) is 0 Å². The Labute approximate surface area is 187 Å². The van der Waals surface area contributed by atoms with Gasteiger partial charge in [-0.05, 0) is 46.0 Å². The summed E-state index contributed by atoms with van der Waals surface area (Å²) < 4.78 is 5.33. The van der Waals surface area contributed by atoms with Crippen molar-refractivity contribution in [1.29, 1.82) is 0 Å². The zero-order valence-corrected chi connectivity index (χ0v) is 20.9. The van der Waals surface area contributed by atoms with Gasteiger partial charge in [-0.2, -0.15) is 0 Å². The average Bonchev–Trinajstić information content (AvgIpc) is 2.62. The molecule has 30 heavy (non-hydrogen) atoms. The Bertz CT molecular complexity index is 454. The first-order valence-electron chi connectivity index (χ1n) is 12.4. The largest absolute Gasteiger partial charge is 0.444 e. The van der Waals surface area contributed by atoms with Crippen LogP contribution in [0.5, 0.6) is 0 Å². The quantitative estimate of drug-likeness (QED) is 0.187. The van der Waals surface area contributed by atoms with Crippen LogP contribution in [0, 0.1) is 5.92 Å². The smallest absolute Gasteiger partial charge is 0.407 e. The van der Waals surface area contributed by atoms with Crippen molar-refractivity contribution < 1.29 is 14.6 Å². The van der Waals surface area contributed by atoms with Crippen LogP contribution in [0.1, 0.15) is 125 Å². The minimum atomic E-state index is -0.641. The van der Waals surface area contributed by atoms with Crippen LogP contribution < -0.4 is 5.32 Å². The molecule has 0 rings (SSSR count). The second kappa shape index (κ2) is 16.6. The molecule has 2 N–H and O–H groups in total. The van der Waals surface area contributed by atoms with Crippen LogP contribution in [0.2, 0.25) is 0 Å².